The van der Waals surface area contributed by atoms with E-state index < -0.39 is 0 Å². The van der Waals surface area contributed by atoms with Crippen molar-refractivity contribution in [1.29, 1.82) is 0 Å². The van der Waals surface area contributed by atoms with Gasteiger partial charge < -0.3 is 10.1 Å². The highest BCUT2D eigenvalue weighted by Crippen LogP contribution is 2.11. The molecule has 0 spiro atoms. The van der Waals surface area contributed by atoms with Crippen LogP contribution in [0, 0.1) is 0 Å². The number of hydrogen-bond donors (Lipinski definition) is 1. The average Bonchev–Trinajstić information content (AvgIpc) is 2.35. The number of hydrogen-bond acceptors (Lipinski definition) is 3. The van der Waals surface area contributed by atoms with Crippen LogP contribution in [-0.4, -0.2) is 42.6 Å². The van der Waals surface area contributed by atoms with Crippen LogP contribution >= 0.6 is 11.6 Å². The van der Waals surface area contributed by atoms with E-state index in [1.165, 1.54) is 0 Å². The van der Waals surface area contributed by atoms with Crippen LogP contribution in [0.2, 0.25) is 5.02 Å². The van der Waals surface area contributed by atoms with Crippen LogP contribution in [-0.2, 0) is 16.1 Å². The maximum atomic E-state index is 12.0. The van der Waals surface area contributed by atoms with E-state index >= 15 is 0 Å². The first kappa shape index (κ1) is 15.3. The number of amides is 1. The van der Waals surface area contributed by atoms with Gasteiger partial charge in [-0.1, -0.05) is 23.7 Å². The minimum Gasteiger partial charge on any atom is -0.373 e. The lowest BCUT2D eigenvalue weighted by Crippen LogP contribution is -2.49. The fourth-order valence-electron chi connectivity index (χ4n) is 2.52. The molecule has 1 aromatic rings. The van der Waals surface area contributed by atoms with Gasteiger partial charge in [-0.25, -0.2) is 0 Å². The van der Waals surface area contributed by atoms with E-state index in [1.54, 1.807) is 0 Å². The summed E-state index contributed by atoms with van der Waals surface area (Å²) < 4.78 is 5.65. The maximum Gasteiger partial charge on any atom is 0.234 e. The topological polar surface area (TPSA) is 41.6 Å². The Hall–Kier alpha value is -1.10. The zero-order valence-electron chi connectivity index (χ0n) is 11.9. The molecule has 4 nitrogen and oxygen atoms in total. The highest BCUT2D eigenvalue weighted by Gasteiger charge is 2.23. The van der Waals surface area contributed by atoms with Crippen LogP contribution in [0.25, 0.3) is 0 Å². The van der Waals surface area contributed by atoms with Crippen LogP contribution in [0.1, 0.15) is 19.4 Å². The highest BCUT2D eigenvalue weighted by molar-refractivity contribution is 6.30. The summed E-state index contributed by atoms with van der Waals surface area (Å²) in [4.78, 5) is 14.1. The molecular formula is C15H21ClN2O2. The third kappa shape index (κ3) is 4.78. The smallest absolute Gasteiger partial charge is 0.234 e. The van der Waals surface area contributed by atoms with E-state index in [-0.39, 0.29) is 18.1 Å². The number of carbonyl (C=O) groups is 1. The monoisotopic (exact) mass is 296 g/mol. The molecule has 1 heterocycles. The second-order valence-corrected chi connectivity index (χ2v) is 5.79. The molecule has 0 saturated carbocycles. The third-order valence-electron chi connectivity index (χ3n) is 3.24. The SMILES string of the molecule is CC1CN(CC(=O)NCc2cccc(Cl)c2)CC(C)O1. The standard InChI is InChI=1S/C15H21ClN2O2/c1-11-8-18(9-12(2)20-11)10-15(19)17-7-13-4-3-5-14(16)6-13/h3-6,11-12H,7-10H2,1-2H3,(H,17,19). The van der Waals surface area contributed by atoms with Crippen LogP contribution in [0.3, 0.4) is 0 Å². The predicted molar refractivity (Wildman–Crippen MR) is 79.7 cm³/mol. The van der Waals surface area contributed by atoms with Gasteiger partial charge in [-0.05, 0) is 31.5 Å². The van der Waals surface area contributed by atoms with Gasteiger partial charge in [-0.15, -0.1) is 0 Å². The number of nitrogens with one attached hydrogen (secondary N) is 1. The van der Waals surface area contributed by atoms with E-state index in [1.807, 2.05) is 38.1 Å². The van der Waals surface area contributed by atoms with Crippen molar-refractivity contribution in [2.75, 3.05) is 19.6 Å². The first-order chi connectivity index (χ1) is 9.52. The minimum atomic E-state index is 0.0336. The molecule has 2 rings (SSSR count). The van der Waals surface area contributed by atoms with Gasteiger partial charge in [0.25, 0.3) is 0 Å². The maximum absolute atomic E-state index is 12.0. The van der Waals surface area contributed by atoms with Crippen molar-refractivity contribution < 1.29 is 9.53 Å². The summed E-state index contributed by atoms with van der Waals surface area (Å²) in [5, 5.41) is 3.61. The lowest BCUT2D eigenvalue weighted by atomic mass is 10.2. The molecule has 0 aromatic heterocycles. The lowest BCUT2D eigenvalue weighted by Gasteiger charge is -2.34. The Kier molecular flexibility index (Phi) is 5.40. The van der Waals surface area contributed by atoms with Crippen molar-refractivity contribution in [2.45, 2.75) is 32.6 Å². The van der Waals surface area contributed by atoms with Gasteiger partial charge in [0.1, 0.15) is 0 Å². The van der Waals surface area contributed by atoms with E-state index in [9.17, 15) is 4.79 Å². The van der Waals surface area contributed by atoms with E-state index in [0.717, 1.165) is 18.7 Å². The summed E-state index contributed by atoms with van der Waals surface area (Å²) in [7, 11) is 0. The van der Waals surface area contributed by atoms with Gasteiger partial charge >= 0.3 is 0 Å². The number of morpholine rings is 1. The molecule has 1 N–H and O–H groups in total. The minimum absolute atomic E-state index is 0.0336. The van der Waals surface area contributed by atoms with Crippen molar-refractivity contribution in [3.63, 3.8) is 0 Å². The summed E-state index contributed by atoms with van der Waals surface area (Å²) in [5.41, 5.74) is 1.01. The van der Waals surface area contributed by atoms with Crippen molar-refractivity contribution in [3.8, 4) is 0 Å². The Morgan fingerprint density at radius 2 is 2.10 bits per heavy atom. The largest absolute Gasteiger partial charge is 0.373 e. The zero-order valence-corrected chi connectivity index (χ0v) is 12.7. The van der Waals surface area contributed by atoms with Crippen molar-refractivity contribution in [2.24, 2.45) is 0 Å². The van der Waals surface area contributed by atoms with Crippen LogP contribution in [0.15, 0.2) is 24.3 Å². The molecule has 0 aliphatic carbocycles. The van der Waals surface area contributed by atoms with Gasteiger partial charge in [0, 0.05) is 24.7 Å². The molecule has 1 aliphatic rings. The lowest BCUT2D eigenvalue weighted by molar-refractivity contribution is -0.126. The van der Waals surface area contributed by atoms with Gasteiger partial charge in [0.05, 0.1) is 18.8 Å². The molecule has 1 aromatic carbocycles. The number of nitrogens with zero attached hydrogens (tertiary/aromatic N) is 1. The Labute approximate surface area is 125 Å². The van der Waals surface area contributed by atoms with E-state index in [0.29, 0.717) is 18.1 Å². The quantitative estimate of drug-likeness (QED) is 0.925. The summed E-state index contributed by atoms with van der Waals surface area (Å²) >= 11 is 5.91. The molecule has 0 bridgehead atoms. The number of ether oxygens (including phenoxy) is 1. The molecule has 110 valence electrons. The highest BCUT2D eigenvalue weighted by atomic mass is 35.5. The molecule has 20 heavy (non-hydrogen) atoms. The van der Waals surface area contributed by atoms with E-state index in [4.69, 9.17) is 16.3 Å². The van der Waals surface area contributed by atoms with Gasteiger partial charge in [-0.3, -0.25) is 9.69 Å². The van der Waals surface area contributed by atoms with Crippen LogP contribution < -0.4 is 5.32 Å². The van der Waals surface area contributed by atoms with Gasteiger partial charge in [0.15, 0.2) is 0 Å². The normalized spacial score (nSPS) is 23.6. The molecule has 2 atom stereocenters. The summed E-state index contributed by atoms with van der Waals surface area (Å²) in [6.07, 6.45) is 0.360. The molecule has 1 aliphatic heterocycles. The van der Waals surface area contributed by atoms with Crippen LogP contribution in [0.5, 0.6) is 0 Å². The van der Waals surface area contributed by atoms with Crippen molar-refractivity contribution in [1.82, 2.24) is 10.2 Å². The molecule has 1 amide bonds. The van der Waals surface area contributed by atoms with Crippen molar-refractivity contribution >= 4 is 17.5 Å². The van der Waals surface area contributed by atoms with Gasteiger partial charge in [-0.2, -0.15) is 0 Å². The Bertz CT molecular complexity index is 457. The molecular weight excluding hydrogens is 276 g/mol. The summed E-state index contributed by atoms with van der Waals surface area (Å²) in [5.74, 6) is 0.0336. The van der Waals surface area contributed by atoms with Gasteiger partial charge in [0.2, 0.25) is 5.91 Å². The third-order valence-corrected chi connectivity index (χ3v) is 3.48. The summed E-state index contributed by atoms with van der Waals surface area (Å²) in [6, 6.07) is 7.52. The number of halogens is 1. The number of carbonyl (C=O) groups excluding carboxylic acids is 1. The fraction of sp³-hybridized carbons (Fsp3) is 0.533. The first-order valence-corrected chi connectivity index (χ1v) is 7.29. The molecule has 1 fully saturated rings. The second-order valence-electron chi connectivity index (χ2n) is 5.36. The average molecular weight is 297 g/mol. The van der Waals surface area contributed by atoms with Crippen molar-refractivity contribution in [3.05, 3.63) is 34.9 Å². The van der Waals surface area contributed by atoms with Crippen LogP contribution in [0.4, 0.5) is 0 Å². The predicted octanol–water partition coefficient (Wildman–Crippen LogP) is 2.07. The summed E-state index contributed by atoms with van der Waals surface area (Å²) in [6.45, 7) is 6.59. The number of rotatable bonds is 4. The Balaban J connectivity index is 1.78. The zero-order chi connectivity index (χ0) is 14.5. The molecule has 0 radical (unpaired) electrons. The first-order valence-electron chi connectivity index (χ1n) is 6.92. The Morgan fingerprint density at radius 3 is 2.75 bits per heavy atom. The Morgan fingerprint density at radius 1 is 1.40 bits per heavy atom. The fourth-order valence-corrected chi connectivity index (χ4v) is 2.73. The van der Waals surface area contributed by atoms with E-state index in [2.05, 4.69) is 10.2 Å². The molecule has 2 unspecified atom stereocenters. The molecule has 1 saturated heterocycles. The number of benzene rings is 1. The second kappa shape index (κ2) is 7.07. The molecule has 5 heteroatoms.